The molecular formula is C57H63CoN12O10+. The molecule has 80 heavy (non-hydrogen) atoms. The molecule has 1 radical (unpaired) electrons. The Hall–Kier alpha value is -9.00. The van der Waals surface area contributed by atoms with Crippen LogP contribution in [0.5, 0.6) is 29.0 Å². The number of aromatic hydroxyl groups is 4. The minimum Gasteiger partial charge on any atom is -0.506 e. The van der Waals surface area contributed by atoms with Gasteiger partial charge < -0.3 is 30.2 Å². The van der Waals surface area contributed by atoms with E-state index in [1.807, 2.05) is 19.9 Å². The number of phenolic OH excluding ortho intramolecular Hbond substituents is 2. The second-order valence-electron chi connectivity index (χ2n) is 19.7. The number of anilines is 1. The molecule has 0 fully saturated rings. The zero-order chi connectivity index (χ0) is 58.1. The number of unbranched alkanes of at least 4 members (excludes halogenated alkanes) is 2. The Labute approximate surface area is 472 Å². The average molecular weight is 1140 g/mol. The van der Waals surface area contributed by atoms with Crippen molar-refractivity contribution >= 4 is 45.5 Å². The van der Waals surface area contributed by atoms with Crippen molar-refractivity contribution in [2.24, 2.45) is 26.4 Å². The molecule has 8 rings (SSSR count). The fourth-order valence-electron chi connectivity index (χ4n) is 9.41. The average Bonchev–Trinajstić information content (AvgIpc) is 3.73. The molecule has 22 nitrogen and oxygen atoms in total. The number of rotatable bonds is 14. The van der Waals surface area contributed by atoms with Crippen molar-refractivity contribution in [3.8, 4) is 41.1 Å². The predicted molar refractivity (Wildman–Crippen MR) is 297 cm³/mol. The van der Waals surface area contributed by atoms with Crippen molar-refractivity contribution in [3.63, 3.8) is 0 Å². The molecule has 23 heteroatoms. The summed E-state index contributed by atoms with van der Waals surface area (Å²) in [5.74, 6) is 3.57. The van der Waals surface area contributed by atoms with E-state index in [0.29, 0.717) is 12.8 Å². The zero-order valence-corrected chi connectivity index (χ0v) is 47.0. The summed E-state index contributed by atoms with van der Waals surface area (Å²) in [5, 5.41) is 85.4. The van der Waals surface area contributed by atoms with E-state index in [2.05, 4.69) is 136 Å². The number of nitro groups is 1. The molecule has 6 N–H and O–H groups in total. The molecule has 0 aliphatic carbocycles. The number of azo groups is 2. The number of nitro benzene ring substituents is 1. The van der Waals surface area contributed by atoms with Gasteiger partial charge in [0.15, 0.2) is 22.8 Å². The minimum absolute atomic E-state index is 0. The molecular weight excluding hydrogens is 1070 g/mol. The standard InChI is InChI=1S/C23H27N2.C17H19N5O5.C17H17N5O5.Co/c1-22(2)16-11-7-9-13-18(16)24(5)20(22)15-21-23(3,4)17-12-8-10-14-19(17)25(21)6;1-3-4-7-22-16(24)12(9-18)10(2)15(17(22)25)21-20-13-8-11(26-27-19)5-6-14(13)23;1-3-4-7-21-16(24)12(9-18)10(2)15(17(21)25)20-19-13-8-11(22(26)27)5-6-14(13)23;/h7-15H,1-6H3;5-6,8,23,25H,3-4,7,19H2,1-2H3;5-6,8,23,25H,3-4,7H2,1-2H3;/q+1;;;. The SMILES string of the molecule is CCCCn1c(O)c(N=Nc2cc(OON)ccc2O)c(C)c(C#N)c1=O.CCCCn1c(O)c(N=Nc2cc([N+](=O)[O-])ccc2O)c(C)c(C#N)c1=O.CN1C(=CC2=[N+](C)c3ccccc3C2(C)C)C(C)(C)c2ccccc21.[Co]. The molecule has 0 saturated heterocycles. The number of benzene rings is 4. The van der Waals surface area contributed by atoms with E-state index >= 15 is 0 Å². The Bertz CT molecular complexity index is 3680. The first-order valence-corrected chi connectivity index (χ1v) is 25.2. The first-order chi connectivity index (χ1) is 37.5. The molecule has 4 aromatic carbocycles. The van der Waals surface area contributed by atoms with Crippen LogP contribution in [0.1, 0.15) is 101 Å². The molecule has 0 saturated carbocycles. The van der Waals surface area contributed by atoms with Crippen LogP contribution in [0, 0.1) is 46.6 Å². The molecule has 0 atom stereocenters. The van der Waals surface area contributed by atoms with Gasteiger partial charge in [-0.2, -0.15) is 21.0 Å². The summed E-state index contributed by atoms with van der Waals surface area (Å²) in [6.45, 7) is 16.5. The van der Waals surface area contributed by atoms with E-state index < -0.39 is 27.8 Å². The number of likely N-dealkylation sites (N-methyl/N-ethyl adjacent to an activating group) is 1. The normalized spacial score (nSPS) is 14.1. The van der Waals surface area contributed by atoms with Crippen molar-refractivity contribution in [2.75, 3.05) is 19.0 Å². The molecule has 419 valence electrons. The minimum atomic E-state index is -0.653. The number of nitriles is 2. The van der Waals surface area contributed by atoms with Crippen LogP contribution in [-0.4, -0.2) is 58.9 Å². The van der Waals surface area contributed by atoms with E-state index in [0.717, 1.165) is 40.2 Å². The third-order valence-electron chi connectivity index (χ3n) is 13.9. The Morgan fingerprint density at radius 1 is 0.738 bits per heavy atom. The second kappa shape index (κ2) is 26.1. The Balaban J connectivity index is 0.000000219. The first-order valence-electron chi connectivity index (χ1n) is 25.2. The number of para-hydroxylation sites is 2. The smallest absolute Gasteiger partial charge is 0.271 e. The van der Waals surface area contributed by atoms with Crippen LogP contribution in [0.2, 0.25) is 0 Å². The number of pyridine rings is 2. The molecule has 0 unspecified atom stereocenters. The summed E-state index contributed by atoms with van der Waals surface area (Å²) in [5.41, 5.74) is 6.32. The first kappa shape index (κ1) is 61.8. The number of fused-ring (bicyclic) bond motifs is 2. The van der Waals surface area contributed by atoms with Crippen LogP contribution in [-0.2, 0) is 45.7 Å². The summed E-state index contributed by atoms with van der Waals surface area (Å²) in [6.07, 6.45) is 5.21. The van der Waals surface area contributed by atoms with Crippen LogP contribution >= 0.6 is 0 Å². The Morgan fingerprint density at radius 3 is 1.70 bits per heavy atom. The largest absolute Gasteiger partial charge is 0.506 e. The fraction of sp³-hybridized carbons (Fsp3) is 0.316. The van der Waals surface area contributed by atoms with Gasteiger partial charge in [-0.3, -0.25) is 28.8 Å². The summed E-state index contributed by atoms with van der Waals surface area (Å²) in [6, 6.07) is 28.4. The van der Waals surface area contributed by atoms with Gasteiger partial charge in [-0.1, -0.05) is 81.9 Å². The van der Waals surface area contributed by atoms with Crippen molar-refractivity contribution in [1.82, 2.24) is 9.13 Å². The third-order valence-corrected chi connectivity index (χ3v) is 13.9. The maximum atomic E-state index is 12.4. The van der Waals surface area contributed by atoms with E-state index in [9.17, 15) is 50.7 Å². The number of hydrogen-bond donors (Lipinski definition) is 5. The van der Waals surface area contributed by atoms with Gasteiger partial charge in [-0.25, -0.2) is 0 Å². The molecule has 0 spiro atoms. The fourth-order valence-corrected chi connectivity index (χ4v) is 9.41. The molecule has 2 aliphatic heterocycles. The Kier molecular flexibility index (Phi) is 20.2. The van der Waals surface area contributed by atoms with E-state index in [-0.39, 0.29) is 109 Å². The summed E-state index contributed by atoms with van der Waals surface area (Å²) in [4.78, 5) is 46.0. The van der Waals surface area contributed by atoms with Gasteiger partial charge in [0.25, 0.3) is 16.8 Å². The number of nitrogens with zero attached hydrogens (tertiary/aromatic N) is 11. The molecule has 6 aromatic rings. The molecule has 2 aromatic heterocycles. The summed E-state index contributed by atoms with van der Waals surface area (Å²) in [7, 11) is 4.38. The van der Waals surface area contributed by atoms with Gasteiger partial charge in [-0.05, 0) is 70.4 Å². The Morgan fingerprint density at radius 2 is 1.23 bits per heavy atom. The van der Waals surface area contributed by atoms with Gasteiger partial charge in [0.2, 0.25) is 17.4 Å². The number of aromatic nitrogens is 2. The topological polar surface area (TPSA) is 316 Å². The van der Waals surface area contributed by atoms with Crippen LogP contribution in [0.15, 0.2) is 127 Å². The van der Waals surface area contributed by atoms with E-state index in [1.54, 1.807) is 6.07 Å². The number of non-ortho nitro benzene ring substituents is 1. The van der Waals surface area contributed by atoms with Crippen molar-refractivity contribution in [3.05, 3.63) is 161 Å². The summed E-state index contributed by atoms with van der Waals surface area (Å²) < 4.78 is 4.48. The second-order valence-corrected chi connectivity index (χ2v) is 19.7. The number of nitrogens with two attached hydrogens (primary N) is 1. The maximum absolute atomic E-state index is 12.4. The molecule has 4 heterocycles. The van der Waals surface area contributed by atoms with Crippen LogP contribution in [0.25, 0.3) is 0 Å². The summed E-state index contributed by atoms with van der Waals surface area (Å²) >= 11 is 0. The van der Waals surface area contributed by atoms with Crippen molar-refractivity contribution in [1.29, 1.82) is 10.5 Å². The molecule has 2 aliphatic rings. The van der Waals surface area contributed by atoms with Gasteiger partial charge >= 0.3 is 0 Å². The van der Waals surface area contributed by atoms with Gasteiger partial charge in [0.1, 0.15) is 53.2 Å². The van der Waals surface area contributed by atoms with Crippen LogP contribution in [0.4, 0.5) is 39.8 Å². The number of allylic oxidation sites excluding steroid dienone is 2. The van der Waals surface area contributed by atoms with Crippen molar-refractivity contribution in [2.45, 2.75) is 105 Å². The molecule has 0 amide bonds. The zero-order valence-electron chi connectivity index (χ0n) is 46.0. The maximum Gasteiger partial charge on any atom is 0.271 e. The molecule has 0 bridgehead atoms. The van der Waals surface area contributed by atoms with Crippen LogP contribution in [0.3, 0.4) is 0 Å². The van der Waals surface area contributed by atoms with Crippen LogP contribution < -0.4 is 26.8 Å². The number of hydrogen-bond acceptors (Lipinski definition) is 18. The van der Waals surface area contributed by atoms with Crippen molar-refractivity contribution < 1.29 is 56.6 Å². The number of phenols is 2. The van der Waals surface area contributed by atoms with E-state index in [1.165, 1.54) is 66.0 Å². The van der Waals surface area contributed by atoms with Gasteiger partial charge in [0.05, 0.1) is 10.3 Å². The van der Waals surface area contributed by atoms with Gasteiger partial charge in [0, 0.05) is 101 Å². The van der Waals surface area contributed by atoms with Gasteiger partial charge in [-0.15, -0.1) is 20.5 Å². The quantitative estimate of drug-likeness (QED) is 0.0223. The third kappa shape index (κ3) is 12.5. The predicted octanol–water partition coefficient (Wildman–Crippen LogP) is 11.4. The monoisotopic (exact) mass is 1130 g/mol. The van der Waals surface area contributed by atoms with E-state index in [4.69, 9.17) is 5.90 Å².